The van der Waals surface area contributed by atoms with Crippen LogP contribution in [0.4, 0.5) is 0 Å². The molecule has 17 heavy (non-hydrogen) atoms. The maximum absolute atomic E-state index is 11.9. The van der Waals surface area contributed by atoms with Crippen LogP contribution in [-0.2, 0) is 0 Å². The van der Waals surface area contributed by atoms with Crippen molar-refractivity contribution in [2.24, 2.45) is 0 Å². The van der Waals surface area contributed by atoms with Crippen LogP contribution in [0.1, 0.15) is 29.6 Å². The number of nitrogens with one attached hydrogen (secondary N) is 1. The fourth-order valence-corrected chi connectivity index (χ4v) is 1.92. The van der Waals surface area contributed by atoms with Gasteiger partial charge in [-0.1, -0.05) is 12.5 Å². The zero-order valence-electron chi connectivity index (χ0n) is 9.52. The van der Waals surface area contributed by atoms with E-state index in [1.54, 1.807) is 0 Å². The van der Waals surface area contributed by atoms with Gasteiger partial charge in [0.25, 0.3) is 5.91 Å². The van der Waals surface area contributed by atoms with E-state index >= 15 is 0 Å². The van der Waals surface area contributed by atoms with Crippen molar-refractivity contribution in [1.82, 2.24) is 10.4 Å². The molecule has 0 aliphatic carbocycles. The first-order chi connectivity index (χ1) is 8.18. The zero-order valence-corrected chi connectivity index (χ0v) is 9.52. The Morgan fingerprint density at radius 1 is 1.18 bits per heavy atom. The Morgan fingerprint density at radius 2 is 1.88 bits per heavy atom. The lowest BCUT2D eigenvalue weighted by Crippen LogP contribution is -2.45. The minimum atomic E-state index is -0.389. The van der Waals surface area contributed by atoms with Crippen molar-refractivity contribution in [2.75, 3.05) is 13.1 Å². The molecule has 1 aromatic rings. The number of carbonyl (C=O) groups excluding carboxylic acids is 1. The lowest BCUT2D eigenvalue weighted by atomic mass is 10.1. The summed E-state index contributed by atoms with van der Waals surface area (Å²) in [5, 5.41) is 20.7. The van der Waals surface area contributed by atoms with Gasteiger partial charge in [-0.25, -0.2) is 5.01 Å². The number of aromatic hydroxyl groups is 2. The quantitative estimate of drug-likeness (QED) is 0.675. The number of piperidine rings is 1. The predicted molar refractivity (Wildman–Crippen MR) is 62.7 cm³/mol. The van der Waals surface area contributed by atoms with E-state index in [0.717, 1.165) is 25.9 Å². The summed E-state index contributed by atoms with van der Waals surface area (Å²) in [5.74, 6) is -1.04. The summed E-state index contributed by atoms with van der Waals surface area (Å²) in [6.07, 6.45) is 3.31. The van der Waals surface area contributed by atoms with Gasteiger partial charge in [0.1, 0.15) is 0 Å². The first-order valence-corrected chi connectivity index (χ1v) is 5.75. The summed E-state index contributed by atoms with van der Waals surface area (Å²) in [6.45, 7) is 1.65. The fraction of sp³-hybridized carbons (Fsp3) is 0.417. The molecule has 1 aromatic carbocycles. The molecule has 1 amide bonds. The number of para-hydroxylation sites is 1. The molecule has 2 rings (SSSR count). The third-order valence-electron chi connectivity index (χ3n) is 2.88. The van der Waals surface area contributed by atoms with Crippen LogP contribution in [0.3, 0.4) is 0 Å². The molecule has 0 spiro atoms. The summed E-state index contributed by atoms with van der Waals surface area (Å²) < 4.78 is 0. The van der Waals surface area contributed by atoms with Crippen molar-refractivity contribution in [3.63, 3.8) is 0 Å². The first kappa shape index (κ1) is 11.7. The molecule has 1 fully saturated rings. The number of rotatable bonds is 2. The third-order valence-corrected chi connectivity index (χ3v) is 2.88. The van der Waals surface area contributed by atoms with Gasteiger partial charge < -0.3 is 10.2 Å². The van der Waals surface area contributed by atoms with E-state index in [2.05, 4.69) is 5.43 Å². The number of phenols is 2. The molecule has 0 aromatic heterocycles. The molecule has 1 heterocycles. The van der Waals surface area contributed by atoms with Gasteiger partial charge in [0.15, 0.2) is 11.5 Å². The van der Waals surface area contributed by atoms with Crippen LogP contribution < -0.4 is 5.43 Å². The molecule has 5 heteroatoms. The third kappa shape index (κ3) is 2.68. The zero-order chi connectivity index (χ0) is 12.3. The highest BCUT2D eigenvalue weighted by atomic mass is 16.3. The second kappa shape index (κ2) is 5.05. The van der Waals surface area contributed by atoms with Crippen molar-refractivity contribution >= 4 is 5.91 Å². The van der Waals surface area contributed by atoms with Gasteiger partial charge in [0, 0.05) is 13.1 Å². The molecule has 1 aliphatic rings. The topological polar surface area (TPSA) is 72.8 Å². The Hall–Kier alpha value is -1.75. The standard InChI is InChI=1S/C12H16N2O3/c15-10-6-4-5-9(11(10)16)12(17)13-14-7-2-1-3-8-14/h4-6,15-16H,1-3,7-8H2,(H,13,17). The van der Waals surface area contributed by atoms with Crippen LogP contribution in [0.2, 0.25) is 0 Å². The van der Waals surface area contributed by atoms with Crippen molar-refractivity contribution < 1.29 is 15.0 Å². The summed E-state index contributed by atoms with van der Waals surface area (Å²) in [5.41, 5.74) is 2.82. The summed E-state index contributed by atoms with van der Waals surface area (Å²) in [7, 11) is 0. The minimum Gasteiger partial charge on any atom is -0.504 e. The van der Waals surface area contributed by atoms with Crippen LogP contribution in [0.5, 0.6) is 11.5 Å². The second-order valence-corrected chi connectivity index (χ2v) is 4.16. The van der Waals surface area contributed by atoms with E-state index in [-0.39, 0.29) is 23.0 Å². The van der Waals surface area contributed by atoms with Gasteiger partial charge in [-0.15, -0.1) is 0 Å². The summed E-state index contributed by atoms with van der Waals surface area (Å²) in [6, 6.07) is 4.35. The van der Waals surface area contributed by atoms with Gasteiger partial charge in [0.2, 0.25) is 0 Å². The molecule has 3 N–H and O–H groups in total. The van der Waals surface area contributed by atoms with Crippen molar-refractivity contribution in [2.45, 2.75) is 19.3 Å². The minimum absolute atomic E-state index is 0.0931. The molecule has 92 valence electrons. The maximum atomic E-state index is 11.9. The Balaban J connectivity index is 2.06. The average molecular weight is 236 g/mol. The second-order valence-electron chi connectivity index (χ2n) is 4.16. The molecule has 0 saturated carbocycles. The number of phenolic OH excluding ortho intramolecular Hbond substituents is 2. The van der Waals surface area contributed by atoms with Crippen molar-refractivity contribution in [1.29, 1.82) is 0 Å². The number of amides is 1. The predicted octanol–water partition coefficient (Wildman–Crippen LogP) is 1.23. The van der Waals surface area contributed by atoms with Gasteiger partial charge in [-0.2, -0.15) is 0 Å². The van der Waals surface area contributed by atoms with Crippen LogP contribution in [-0.4, -0.2) is 34.2 Å². The van der Waals surface area contributed by atoms with E-state index in [1.807, 2.05) is 5.01 Å². The number of hydrogen-bond donors (Lipinski definition) is 3. The average Bonchev–Trinajstić information content (AvgIpc) is 2.34. The van der Waals surface area contributed by atoms with Crippen molar-refractivity contribution in [3.8, 4) is 11.5 Å². The lowest BCUT2D eigenvalue weighted by molar-refractivity contribution is 0.0746. The summed E-state index contributed by atoms with van der Waals surface area (Å²) in [4.78, 5) is 11.9. The van der Waals surface area contributed by atoms with E-state index in [0.29, 0.717) is 0 Å². The van der Waals surface area contributed by atoms with E-state index in [9.17, 15) is 15.0 Å². The molecule has 0 radical (unpaired) electrons. The Morgan fingerprint density at radius 3 is 2.59 bits per heavy atom. The van der Waals surface area contributed by atoms with Crippen LogP contribution >= 0.6 is 0 Å². The van der Waals surface area contributed by atoms with Crippen LogP contribution in [0, 0.1) is 0 Å². The number of nitrogens with zero attached hydrogens (tertiary/aromatic N) is 1. The molecule has 1 saturated heterocycles. The van der Waals surface area contributed by atoms with Gasteiger partial charge in [-0.05, 0) is 25.0 Å². The Kier molecular flexibility index (Phi) is 3.49. The Bertz CT molecular complexity index is 414. The highest BCUT2D eigenvalue weighted by molar-refractivity contribution is 5.97. The number of benzene rings is 1. The van der Waals surface area contributed by atoms with Crippen molar-refractivity contribution in [3.05, 3.63) is 23.8 Å². The highest BCUT2D eigenvalue weighted by Gasteiger charge is 2.17. The molecule has 0 atom stereocenters. The SMILES string of the molecule is O=C(NN1CCCCC1)c1cccc(O)c1O. The molecule has 5 nitrogen and oxygen atoms in total. The van der Waals surface area contributed by atoms with E-state index in [1.165, 1.54) is 24.6 Å². The number of carbonyl (C=O) groups is 1. The highest BCUT2D eigenvalue weighted by Crippen LogP contribution is 2.28. The van der Waals surface area contributed by atoms with Crippen LogP contribution in [0.25, 0.3) is 0 Å². The first-order valence-electron chi connectivity index (χ1n) is 5.75. The van der Waals surface area contributed by atoms with E-state index in [4.69, 9.17) is 0 Å². The van der Waals surface area contributed by atoms with Gasteiger partial charge in [0.05, 0.1) is 5.56 Å². The lowest BCUT2D eigenvalue weighted by Gasteiger charge is -2.26. The number of hydrogen-bond acceptors (Lipinski definition) is 4. The van der Waals surface area contributed by atoms with E-state index < -0.39 is 0 Å². The monoisotopic (exact) mass is 236 g/mol. The largest absolute Gasteiger partial charge is 0.504 e. The molecule has 0 bridgehead atoms. The molecular weight excluding hydrogens is 220 g/mol. The number of hydrazine groups is 1. The summed E-state index contributed by atoms with van der Waals surface area (Å²) >= 11 is 0. The maximum Gasteiger partial charge on any atom is 0.269 e. The fourth-order valence-electron chi connectivity index (χ4n) is 1.92. The van der Waals surface area contributed by atoms with Crippen LogP contribution in [0.15, 0.2) is 18.2 Å². The molecule has 0 unspecified atom stereocenters. The molecule has 1 aliphatic heterocycles. The van der Waals surface area contributed by atoms with Gasteiger partial charge >= 0.3 is 0 Å². The normalized spacial score (nSPS) is 16.7. The Labute approximate surface area is 99.6 Å². The smallest absolute Gasteiger partial charge is 0.269 e. The molecular formula is C12H16N2O3. The van der Waals surface area contributed by atoms with Gasteiger partial charge in [-0.3, -0.25) is 10.2 Å².